The molecule has 2 aliphatic carbocycles. The molecule has 1 saturated heterocycles. The number of carbonyl (C=O) groups excluding carboxylic acids is 1. The molecule has 1 aromatic carbocycles. The van der Waals surface area contributed by atoms with Crippen LogP contribution in [-0.2, 0) is 12.8 Å². The summed E-state index contributed by atoms with van der Waals surface area (Å²) in [5.41, 5.74) is 3.66. The van der Waals surface area contributed by atoms with Crippen LogP contribution < -0.4 is 0 Å². The van der Waals surface area contributed by atoms with Crippen molar-refractivity contribution in [3.8, 4) is 5.69 Å². The molecular weight excluding hydrogens is 367 g/mol. The van der Waals surface area contributed by atoms with Gasteiger partial charge in [0.25, 0.3) is 5.91 Å². The SMILES string of the molecule is O=C(c1nn(-c2ccc(F)cc2)c2c1CCCC2)N1CCN(C2CCCC2)CC1. The first-order valence-electron chi connectivity index (χ1n) is 11.1. The van der Waals surface area contributed by atoms with E-state index in [2.05, 4.69) is 4.90 Å². The van der Waals surface area contributed by atoms with Crippen molar-refractivity contribution in [3.05, 3.63) is 47.0 Å². The molecule has 154 valence electrons. The Bertz CT molecular complexity index is 877. The second kappa shape index (κ2) is 7.90. The summed E-state index contributed by atoms with van der Waals surface area (Å²) in [6.07, 6.45) is 9.33. The van der Waals surface area contributed by atoms with E-state index in [0.29, 0.717) is 5.69 Å². The van der Waals surface area contributed by atoms with Crippen molar-refractivity contribution in [1.82, 2.24) is 19.6 Å². The fourth-order valence-corrected chi connectivity index (χ4v) is 5.28. The zero-order valence-electron chi connectivity index (χ0n) is 16.9. The molecule has 2 fully saturated rings. The summed E-state index contributed by atoms with van der Waals surface area (Å²) in [6.45, 7) is 3.51. The quantitative estimate of drug-likeness (QED) is 0.796. The Morgan fingerprint density at radius 2 is 1.62 bits per heavy atom. The molecule has 0 radical (unpaired) electrons. The molecule has 5 nitrogen and oxygen atoms in total. The number of piperazine rings is 1. The third-order valence-corrected chi connectivity index (χ3v) is 6.90. The lowest BCUT2D eigenvalue weighted by Crippen LogP contribution is -2.51. The Morgan fingerprint density at radius 3 is 2.34 bits per heavy atom. The fraction of sp³-hybridized carbons (Fsp3) is 0.565. The first-order valence-corrected chi connectivity index (χ1v) is 11.1. The van der Waals surface area contributed by atoms with Crippen molar-refractivity contribution in [3.63, 3.8) is 0 Å². The van der Waals surface area contributed by atoms with Crippen LogP contribution in [0.5, 0.6) is 0 Å². The molecule has 6 heteroatoms. The number of benzene rings is 1. The molecule has 0 N–H and O–H groups in total. The van der Waals surface area contributed by atoms with Crippen molar-refractivity contribution in [2.45, 2.75) is 57.4 Å². The Hall–Kier alpha value is -2.21. The fourth-order valence-electron chi connectivity index (χ4n) is 5.28. The number of hydrogen-bond acceptors (Lipinski definition) is 3. The van der Waals surface area contributed by atoms with Gasteiger partial charge < -0.3 is 4.90 Å². The highest BCUT2D eigenvalue weighted by Gasteiger charge is 2.32. The highest BCUT2D eigenvalue weighted by atomic mass is 19.1. The van der Waals surface area contributed by atoms with Crippen LogP contribution in [-0.4, -0.2) is 57.7 Å². The normalized spacial score (nSPS) is 20.8. The third kappa shape index (κ3) is 3.59. The van der Waals surface area contributed by atoms with Crippen LogP contribution in [0.1, 0.15) is 60.3 Å². The maximum Gasteiger partial charge on any atom is 0.274 e. The molecule has 29 heavy (non-hydrogen) atoms. The van der Waals surface area contributed by atoms with Gasteiger partial charge in [-0.05, 0) is 62.8 Å². The summed E-state index contributed by atoms with van der Waals surface area (Å²) < 4.78 is 15.2. The summed E-state index contributed by atoms with van der Waals surface area (Å²) >= 11 is 0. The molecule has 0 bridgehead atoms. The molecule has 5 rings (SSSR count). The molecule has 1 aromatic heterocycles. The Morgan fingerprint density at radius 1 is 0.931 bits per heavy atom. The summed E-state index contributed by atoms with van der Waals surface area (Å²) in [5.74, 6) is -0.193. The molecule has 0 spiro atoms. The zero-order chi connectivity index (χ0) is 19.8. The van der Waals surface area contributed by atoms with Crippen molar-refractivity contribution in [1.29, 1.82) is 0 Å². The lowest BCUT2D eigenvalue weighted by Gasteiger charge is -2.37. The maximum atomic E-state index is 13.4. The van der Waals surface area contributed by atoms with E-state index < -0.39 is 0 Å². The largest absolute Gasteiger partial charge is 0.335 e. The predicted octanol–water partition coefficient (Wildman–Crippen LogP) is 3.59. The van der Waals surface area contributed by atoms with Gasteiger partial charge in [-0.3, -0.25) is 9.69 Å². The first kappa shape index (κ1) is 18.8. The monoisotopic (exact) mass is 396 g/mol. The maximum absolute atomic E-state index is 13.4. The number of carbonyl (C=O) groups is 1. The minimum Gasteiger partial charge on any atom is -0.335 e. The van der Waals surface area contributed by atoms with Gasteiger partial charge in [0.05, 0.1) is 5.69 Å². The highest BCUT2D eigenvalue weighted by Crippen LogP contribution is 2.29. The molecule has 1 saturated carbocycles. The van der Waals surface area contributed by atoms with E-state index >= 15 is 0 Å². The second-order valence-electron chi connectivity index (χ2n) is 8.64. The minimum absolute atomic E-state index is 0.0649. The highest BCUT2D eigenvalue weighted by molar-refractivity contribution is 5.94. The summed E-state index contributed by atoms with van der Waals surface area (Å²) in [5, 5.41) is 4.75. The van der Waals surface area contributed by atoms with Crippen LogP contribution in [0.4, 0.5) is 4.39 Å². The number of fused-ring (bicyclic) bond motifs is 1. The number of amides is 1. The molecule has 1 amide bonds. The Balaban J connectivity index is 1.38. The van der Waals surface area contributed by atoms with Gasteiger partial charge in [0.15, 0.2) is 5.69 Å². The standard InChI is InChI=1S/C23H29FN4O/c24-17-9-11-19(12-10-17)28-21-8-4-3-7-20(21)22(25-28)23(29)27-15-13-26(14-16-27)18-5-1-2-6-18/h9-12,18H,1-8,13-16H2. The minimum atomic E-state index is -0.258. The van der Waals surface area contributed by atoms with E-state index in [9.17, 15) is 9.18 Å². The predicted molar refractivity (Wildman–Crippen MR) is 110 cm³/mol. The van der Waals surface area contributed by atoms with E-state index in [-0.39, 0.29) is 11.7 Å². The van der Waals surface area contributed by atoms with E-state index in [1.807, 2.05) is 9.58 Å². The topological polar surface area (TPSA) is 41.4 Å². The van der Waals surface area contributed by atoms with Crippen LogP contribution in [0.15, 0.2) is 24.3 Å². The molecular formula is C23H29FN4O. The van der Waals surface area contributed by atoms with Gasteiger partial charge in [-0.25, -0.2) is 9.07 Å². The van der Waals surface area contributed by atoms with Crippen LogP contribution in [0.2, 0.25) is 0 Å². The molecule has 0 unspecified atom stereocenters. The van der Waals surface area contributed by atoms with Gasteiger partial charge in [-0.2, -0.15) is 5.10 Å². The van der Waals surface area contributed by atoms with Crippen molar-refractivity contribution >= 4 is 5.91 Å². The number of halogens is 1. The van der Waals surface area contributed by atoms with E-state index in [0.717, 1.165) is 74.8 Å². The van der Waals surface area contributed by atoms with Gasteiger partial charge in [0.2, 0.25) is 0 Å². The van der Waals surface area contributed by atoms with Gasteiger partial charge in [0, 0.05) is 43.5 Å². The lowest BCUT2D eigenvalue weighted by atomic mass is 9.95. The van der Waals surface area contributed by atoms with E-state index in [4.69, 9.17) is 5.10 Å². The first-order chi connectivity index (χ1) is 14.2. The second-order valence-corrected chi connectivity index (χ2v) is 8.64. The number of rotatable bonds is 3. The van der Waals surface area contributed by atoms with Gasteiger partial charge in [-0.15, -0.1) is 0 Å². The van der Waals surface area contributed by atoms with Gasteiger partial charge in [0.1, 0.15) is 5.82 Å². The van der Waals surface area contributed by atoms with Crippen molar-refractivity contribution < 1.29 is 9.18 Å². The number of nitrogens with zero attached hydrogens (tertiary/aromatic N) is 4. The van der Waals surface area contributed by atoms with Crippen LogP contribution in [0.25, 0.3) is 5.69 Å². The molecule has 2 aromatic rings. The summed E-state index contributed by atoms with van der Waals surface area (Å²) in [6, 6.07) is 7.11. The number of hydrogen-bond donors (Lipinski definition) is 0. The van der Waals surface area contributed by atoms with Gasteiger partial charge >= 0.3 is 0 Å². The molecule has 1 aliphatic heterocycles. The van der Waals surface area contributed by atoms with Crippen molar-refractivity contribution in [2.75, 3.05) is 26.2 Å². The average molecular weight is 397 g/mol. The summed E-state index contributed by atoms with van der Waals surface area (Å²) in [4.78, 5) is 17.9. The zero-order valence-corrected chi connectivity index (χ0v) is 16.9. The van der Waals surface area contributed by atoms with Crippen LogP contribution in [0.3, 0.4) is 0 Å². The Kier molecular flexibility index (Phi) is 5.12. The molecule has 3 aliphatic rings. The average Bonchev–Trinajstić information content (AvgIpc) is 3.43. The third-order valence-electron chi connectivity index (χ3n) is 6.90. The van der Waals surface area contributed by atoms with E-state index in [1.165, 1.54) is 37.8 Å². The van der Waals surface area contributed by atoms with E-state index in [1.54, 1.807) is 12.1 Å². The molecule has 2 heterocycles. The summed E-state index contributed by atoms with van der Waals surface area (Å²) in [7, 11) is 0. The van der Waals surface area contributed by atoms with Crippen molar-refractivity contribution in [2.24, 2.45) is 0 Å². The molecule has 0 atom stereocenters. The van der Waals surface area contributed by atoms with Gasteiger partial charge in [-0.1, -0.05) is 12.8 Å². The Labute approximate surface area is 171 Å². The smallest absolute Gasteiger partial charge is 0.274 e. The van der Waals surface area contributed by atoms with Crippen LogP contribution >= 0.6 is 0 Å². The van der Waals surface area contributed by atoms with Crippen LogP contribution in [0, 0.1) is 5.82 Å². The lowest BCUT2D eigenvalue weighted by molar-refractivity contribution is 0.0566. The number of aromatic nitrogens is 2.